The van der Waals surface area contributed by atoms with Crippen molar-refractivity contribution in [2.24, 2.45) is 0 Å². The molecule has 0 saturated heterocycles. The summed E-state index contributed by atoms with van der Waals surface area (Å²) in [6.07, 6.45) is 4.31. The molecule has 3 rings (SSSR count). The predicted octanol–water partition coefficient (Wildman–Crippen LogP) is 2.89. The second-order valence-corrected chi connectivity index (χ2v) is 8.98. The fraction of sp³-hybridized carbons (Fsp3) is 0.158. The number of hydrogen-bond acceptors (Lipinski definition) is 7. The number of anilines is 1. The minimum atomic E-state index is -3.58. The van der Waals surface area contributed by atoms with E-state index in [-0.39, 0.29) is 15.9 Å². The lowest BCUT2D eigenvalue weighted by Gasteiger charge is -2.13. The van der Waals surface area contributed by atoms with Crippen LogP contribution in [-0.2, 0) is 14.6 Å². The molecule has 0 atom stereocenters. The molecule has 0 bridgehead atoms. The normalized spacial score (nSPS) is 11.9. The monoisotopic (exact) mass is 427 g/mol. The number of amides is 1. The van der Waals surface area contributed by atoms with Gasteiger partial charge in [-0.05, 0) is 43.2 Å². The minimum Gasteiger partial charge on any atom is -0.317 e. The lowest BCUT2D eigenvalue weighted by atomic mass is 10.1. The topological polar surface area (TPSA) is 118 Å². The molecule has 1 N–H and O–H groups in total. The van der Waals surface area contributed by atoms with Gasteiger partial charge in [-0.15, -0.1) is 0 Å². The van der Waals surface area contributed by atoms with E-state index >= 15 is 0 Å². The van der Waals surface area contributed by atoms with E-state index in [4.69, 9.17) is 0 Å². The Hall–Kier alpha value is -3.29. The van der Waals surface area contributed by atoms with Gasteiger partial charge in [0.25, 0.3) is 11.1 Å². The molecule has 148 valence electrons. The predicted molar refractivity (Wildman–Crippen MR) is 110 cm³/mol. The Labute approximate surface area is 172 Å². The fourth-order valence-electron chi connectivity index (χ4n) is 2.77. The molecule has 0 spiro atoms. The van der Waals surface area contributed by atoms with E-state index in [1.54, 1.807) is 6.07 Å². The van der Waals surface area contributed by atoms with Gasteiger partial charge in [0.1, 0.15) is 11.6 Å². The van der Waals surface area contributed by atoms with Gasteiger partial charge in [-0.3, -0.25) is 10.1 Å². The van der Waals surface area contributed by atoms with Crippen LogP contribution in [-0.4, -0.2) is 34.5 Å². The number of aromatic nitrogens is 3. The van der Waals surface area contributed by atoms with Crippen LogP contribution >= 0.6 is 11.5 Å². The van der Waals surface area contributed by atoms with Gasteiger partial charge < -0.3 is 4.57 Å². The second-order valence-electron chi connectivity index (χ2n) is 6.32. The third-order valence-electron chi connectivity index (χ3n) is 4.08. The van der Waals surface area contributed by atoms with Crippen LogP contribution in [0.4, 0.5) is 5.13 Å². The molecule has 10 heteroatoms. The summed E-state index contributed by atoms with van der Waals surface area (Å²) in [6.45, 7) is 3.98. The van der Waals surface area contributed by atoms with Gasteiger partial charge in [-0.1, -0.05) is 18.2 Å². The first-order chi connectivity index (χ1) is 13.7. The first-order valence-corrected chi connectivity index (χ1v) is 11.1. The first-order valence-electron chi connectivity index (χ1n) is 8.41. The Morgan fingerprint density at radius 2 is 1.93 bits per heavy atom. The number of para-hydroxylation sites is 1. The Kier molecular flexibility index (Phi) is 5.63. The maximum absolute atomic E-state index is 12.5. The van der Waals surface area contributed by atoms with E-state index in [1.807, 2.05) is 54.9 Å². The van der Waals surface area contributed by atoms with Crippen molar-refractivity contribution in [1.82, 2.24) is 13.9 Å². The van der Waals surface area contributed by atoms with Crippen molar-refractivity contribution in [3.63, 3.8) is 0 Å². The summed E-state index contributed by atoms with van der Waals surface area (Å²) >= 11 is 0.730. The van der Waals surface area contributed by atoms with E-state index in [9.17, 15) is 18.5 Å². The summed E-state index contributed by atoms with van der Waals surface area (Å²) in [7, 11) is -3.58. The fourth-order valence-corrected chi connectivity index (χ4v) is 4.21. The summed E-state index contributed by atoms with van der Waals surface area (Å²) in [6, 6.07) is 11.4. The zero-order valence-corrected chi connectivity index (χ0v) is 17.5. The number of nitrogens with zero attached hydrogens (tertiary/aromatic N) is 4. The van der Waals surface area contributed by atoms with Gasteiger partial charge >= 0.3 is 0 Å². The van der Waals surface area contributed by atoms with Crippen LogP contribution in [0.15, 0.2) is 47.3 Å². The highest BCUT2D eigenvalue weighted by molar-refractivity contribution is 7.90. The molecule has 0 unspecified atom stereocenters. The van der Waals surface area contributed by atoms with Crippen molar-refractivity contribution in [2.75, 3.05) is 11.6 Å². The standard InChI is InChI=1S/C19H17N5O3S2/c1-12-6-4-7-13(2)16(12)24-9-5-8-15(24)10-14(11-20)17(25)21-18-22-19(23-28-18)29(3,26)27/h4-10H,1-3H3,(H,21,22,23,25)/b14-10-. The number of aryl methyl sites for hydroxylation is 2. The van der Waals surface area contributed by atoms with E-state index in [1.165, 1.54) is 6.08 Å². The van der Waals surface area contributed by atoms with Crippen molar-refractivity contribution >= 4 is 38.5 Å². The first kappa shape index (κ1) is 20.4. The number of benzene rings is 1. The molecule has 1 aromatic carbocycles. The number of hydrogen-bond donors (Lipinski definition) is 1. The van der Waals surface area contributed by atoms with E-state index in [0.717, 1.165) is 34.6 Å². The molecule has 0 aliphatic carbocycles. The third-order valence-corrected chi connectivity index (χ3v) is 5.67. The SMILES string of the molecule is Cc1cccc(C)c1-n1cccc1/C=C(/C#N)C(=O)Nc1nc(S(C)(=O)=O)ns1. The molecule has 2 aromatic heterocycles. The van der Waals surface area contributed by atoms with Crippen LogP contribution in [0.1, 0.15) is 16.8 Å². The van der Waals surface area contributed by atoms with E-state index < -0.39 is 15.7 Å². The van der Waals surface area contributed by atoms with Crippen molar-refractivity contribution in [3.8, 4) is 11.8 Å². The van der Waals surface area contributed by atoms with Crippen molar-refractivity contribution in [2.45, 2.75) is 19.0 Å². The number of carbonyl (C=O) groups excluding carboxylic acids is 1. The van der Waals surface area contributed by atoms with Crippen LogP contribution in [0.3, 0.4) is 0 Å². The largest absolute Gasteiger partial charge is 0.317 e. The maximum Gasteiger partial charge on any atom is 0.268 e. The Balaban J connectivity index is 1.92. The molecule has 0 aliphatic rings. The van der Waals surface area contributed by atoms with Crippen molar-refractivity contribution in [3.05, 3.63) is 58.9 Å². The molecule has 0 radical (unpaired) electrons. The highest BCUT2D eigenvalue weighted by atomic mass is 32.2. The van der Waals surface area contributed by atoms with Crippen LogP contribution in [0.5, 0.6) is 0 Å². The average Bonchev–Trinajstić information content (AvgIpc) is 3.29. The zero-order chi connectivity index (χ0) is 21.2. The molecule has 29 heavy (non-hydrogen) atoms. The number of nitriles is 1. The average molecular weight is 428 g/mol. The zero-order valence-electron chi connectivity index (χ0n) is 15.9. The lowest BCUT2D eigenvalue weighted by Crippen LogP contribution is -2.14. The van der Waals surface area contributed by atoms with Gasteiger partial charge in [-0.2, -0.15) is 14.6 Å². The van der Waals surface area contributed by atoms with Crippen LogP contribution in [0.2, 0.25) is 0 Å². The highest BCUT2D eigenvalue weighted by Crippen LogP contribution is 2.23. The summed E-state index contributed by atoms with van der Waals surface area (Å²) in [4.78, 5) is 16.3. The Bertz CT molecular complexity index is 1240. The number of sulfone groups is 1. The van der Waals surface area contributed by atoms with Crippen molar-refractivity contribution < 1.29 is 13.2 Å². The highest BCUT2D eigenvalue weighted by Gasteiger charge is 2.18. The molecule has 0 aliphatic heterocycles. The summed E-state index contributed by atoms with van der Waals surface area (Å²) in [5.74, 6) is -0.696. The quantitative estimate of drug-likeness (QED) is 0.494. The number of rotatable bonds is 5. The second kappa shape index (κ2) is 7.98. The Morgan fingerprint density at radius 3 is 2.52 bits per heavy atom. The van der Waals surface area contributed by atoms with Gasteiger partial charge in [0, 0.05) is 29.7 Å². The molecule has 3 aromatic rings. The number of nitrogens with one attached hydrogen (secondary N) is 1. The van der Waals surface area contributed by atoms with E-state index in [2.05, 4.69) is 14.7 Å². The van der Waals surface area contributed by atoms with E-state index in [0.29, 0.717) is 5.69 Å². The lowest BCUT2D eigenvalue weighted by molar-refractivity contribution is -0.112. The van der Waals surface area contributed by atoms with Crippen molar-refractivity contribution in [1.29, 1.82) is 5.26 Å². The summed E-state index contributed by atoms with van der Waals surface area (Å²) < 4.78 is 28.5. The third kappa shape index (κ3) is 4.42. The molecular formula is C19H17N5O3S2. The van der Waals surface area contributed by atoms with Gasteiger partial charge in [-0.25, -0.2) is 8.42 Å². The molecule has 0 fully saturated rings. The molecular weight excluding hydrogens is 410 g/mol. The molecule has 1 amide bonds. The molecule has 0 saturated carbocycles. The van der Waals surface area contributed by atoms with Crippen LogP contribution in [0, 0.1) is 25.2 Å². The van der Waals surface area contributed by atoms with Gasteiger partial charge in [0.2, 0.25) is 15.0 Å². The van der Waals surface area contributed by atoms with Crippen LogP contribution < -0.4 is 5.32 Å². The number of carbonyl (C=O) groups is 1. The van der Waals surface area contributed by atoms with Gasteiger partial charge in [0.05, 0.1) is 5.69 Å². The minimum absolute atomic E-state index is 0.00158. The maximum atomic E-state index is 12.5. The smallest absolute Gasteiger partial charge is 0.268 e. The molecule has 2 heterocycles. The Morgan fingerprint density at radius 1 is 1.24 bits per heavy atom. The summed E-state index contributed by atoms with van der Waals surface area (Å²) in [5, 5.41) is 11.5. The van der Waals surface area contributed by atoms with Crippen LogP contribution in [0.25, 0.3) is 11.8 Å². The molecule has 8 nitrogen and oxygen atoms in total. The summed E-state index contributed by atoms with van der Waals surface area (Å²) in [5.41, 5.74) is 3.60. The van der Waals surface area contributed by atoms with Gasteiger partial charge in [0.15, 0.2) is 0 Å².